The molecule has 1 atom stereocenters. The van der Waals surface area contributed by atoms with Crippen molar-refractivity contribution in [2.24, 2.45) is 5.92 Å². The van der Waals surface area contributed by atoms with Crippen molar-refractivity contribution in [3.05, 3.63) is 47.9 Å². The lowest BCUT2D eigenvalue weighted by Crippen LogP contribution is -2.33. The Kier molecular flexibility index (Phi) is 5.47. The number of hydrogen-bond acceptors (Lipinski definition) is 5. The summed E-state index contributed by atoms with van der Waals surface area (Å²) < 4.78 is 1.66. The lowest BCUT2D eigenvalue weighted by molar-refractivity contribution is -0.122. The van der Waals surface area contributed by atoms with E-state index in [4.69, 9.17) is 0 Å². The molecule has 0 aliphatic carbocycles. The van der Waals surface area contributed by atoms with Crippen molar-refractivity contribution in [1.29, 1.82) is 0 Å². The van der Waals surface area contributed by atoms with Gasteiger partial charge >= 0.3 is 0 Å². The van der Waals surface area contributed by atoms with Crippen molar-refractivity contribution in [1.82, 2.24) is 25.1 Å². The van der Waals surface area contributed by atoms with E-state index in [9.17, 15) is 4.79 Å². The van der Waals surface area contributed by atoms with E-state index in [1.165, 1.54) is 18.4 Å². The highest BCUT2D eigenvalue weighted by Crippen LogP contribution is 2.27. The maximum absolute atomic E-state index is 12.6. The van der Waals surface area contributed by atoms with E-state index in [-0.39, 0.29) is 18.5 Å². The van der Waals surface area contributed by atoms with E-state index in [1.807, 2.05) is 19.1 Å². The summed E-state index contributed by atoms with van der Waals surface area (Å²) in [5.41, 5.74) is 2.99. The fraction of sp³-hybridized carbons (Fsp3) is 0.455. The average Bonchev–Trinajstić information content (AvgIpc) is 3.12. The Labute approximate surface area is 171 Å². The molecule has 1 amide bonds. The van der Waals surface area contributed by atoms with Crippen LogP contribution in [0.2, 0.25) is 0 Å². The lowest BCUT2D eigenvalue weighted by Gasteiger charge is -2.31. The first-order valence-corrected chi connectivity index (χ1v) is 10.3. The summed E-state index contributed by atoms with van der Waals surface area (Å²) in [4.78, 5) is 23.8. The van der Waals surface area contributed by atoms with Gasteiger partial charge in [-0.05, 0) is 38.2 Å². The normalized spacial score (nSPS) is 16.2. The van der Waals surface area contributed by atoms with Crippen LogP contribution in [0.4, 0.5) is 5.82 Å². The molecule has 1 saturated heterocycles. The number of hydrogen-bond donors (Lipinski definition) is 1. The second-order valence-electron chi connectivity index (χ2n) is 8.11. The number of amides is 1. The first-order chi connectivity index (χ1) is 14.0. The molecule has 1 aliphatic rings. The highest BCUT2D eigenvalue weighted by atomic mass is 16.2. The van der Waals surface area contributed by atoms with Gasteiger partial charge < -0.3 is 10.2 Å². The van der Waals surface area contributed by atoms with Gasteiger partial charge in [0.1, 0.15) is 18.7 Å². The smallest absolute Gasteiger partial charge is 0.242 e. The van der Waals surface area contributed by atoms with Crippen LogP contribution in [0.5, 0.6) is 0 Å². The van der Waals surface area contributed by atoms with Crippen LogP contribution in [0.1, 0.15) is 43.9 Å². The van der Waals surface area contributed by atoms with Gasteiger partial charge in [-0.1, -0.05) is 36.8 Å². The number of nitrogens with zero attached hydrogens (tertiary/aromatic N) is 5. The van der Waals surface area contributed by atoms with Crippen LogP contribution >= 0.6 is 0 Å². The number of aryl methyl sites for hydroxylation is 1. The van der Waals surface area contributed by atoms with E-state index in [2.05, 4.69) is 51.3 Å². The average molecular weight is 393 g/mol. The summed E-state index contributed by atoms with van der Waals surface area (Å²) >= 11 is 0. The number of aromatic nitrogens is 4. The molecule has 7 heteroatoms. The SMILES string of the molecule is Cc1ccc([C@@H](C)NC(=O)Cn2ncc3c(N4CCC(C)CC4)ncnc32)cc1. The van der Waals surface area contributed by atoms with Gasteiger partial charge in [-0.2, -0.15) is 5.10 Å². The number of carbonyl (C=O) groups excluding carboxylic acids is 1. The van der Waals surface area contributed by atoms with Gasteiger partial charge in [0.25, 0.3) is 0 Å². The van der Waals surface area contributed by atoms with Gasteiger partial charge in [0.05, 0.1) is 17.6 Å². The summed E-state index contributed by atoms with van der Waals surface area (Å²) in [6, 6.07) is 8.13. The Morgan fingerprint density at radius 3 is 2.66 bits per heavy atom. The molecule has 1 fully saturated rings. The summed E-state index contributed by atoms with van der Waals surface area (Å²) in [6.45, 7) is 8.45. The lowest BCUT2D eigenvalue weighted by atomic mass is 9.99. The highest BCUT2D eigenvalue weighted by Gasteiger charge is 2.21. The van der Waals surface area contributed by atoms with Crippen LogP contribution in [-0.2, 0) is 11.3 Å². The topological polar surface area (TPSA) is 75.9 Å². The second-order valence-corrected chi connectivity index (χ2v) is 8.11. The molecule has 3 heterocycles. The highest BCUT2D eigenvalue weighted by molar-refractivity contribution is 5.88. The van der Waals surface area contributed by atoms with Crippen LogP contribution in [-0.4, -0.2) is 38.7 Å². The van der Waals surface area contributed by atoms with E-state index in [0.29, 0.717) is 5.65 Å². The van der Waals surface area contributed by atoms with Crippen molar-refractivity contribution in [2.75, 3.05) is 18.0 Å². The van der Waals surface area contributed by atoms with E-state index < -0.39 is 0 Å². The van der Waals surface area contributed by atoms with Gasteiger partial charge in [0.15, 0.2) is 5.65 Å². The number of rotatable bonds is 5. The van der Waals surface area contributed by atoms with Crippen molar-refractivity contribution in [2.45, 2.75) is 46.2 Å². The Balaban J connectivity index is 1.47. The molecule has 29 heavy (non-hydrogen) atoms. The summed E-state index contributed by atoms with van der Waals surface area (Å²) in [5, 5.41) is 8.38. The zero-order valence-corrected chi connectivity index (χ0v) is 17.3. The molecule has 0 spiro atoms. The maximum atomic E-state index is 12.6. The van der Waals surface area contributed by atoms with Crippen LogP contribution < -0.4 is 10.2 Å². The summed E-state index contributed by atoms with van der Waals surface area (Å²) in [6.07, 6.45) is 5.68. The number of nitrogens with one attached hydrogen (secondary N) is 1. The van der Waals surface area contributed by atoms with Gasteiger partial charge in [-0.25, -0.2) is 14.6 Å². The number of fused-ring (bicyclic) bond motifs is 1. The molecule has 1 aliphatic heterocycles. The molecule has 4 rings (SSSR count). The minimum atomic E-state index is -0.0879. The van der Waals surface area contributed by atoms with Gasteiger partial charge in [-0.15, -0.1) is 0 Å². The number of piperidine rings is 1. The molecule has 0 saturated carbocycles. The molecule has 0 unspecified atom stereocenters. The van der Waals surface area contributed by atoms with Gasteiger partial charge in [-0.3, -0.25) is 4.79 Å². The van der Waals surface area contributed by atoms with Gasteiger partial charge in [0, 0.05) is 13.1 Å². The fourth-order valence-electron chi connectivity index (χ4n) is 3.83. The van der Waals surface area contributed by atoms with Gasteiger partial charge in [0.2, 0.25) is 5.91 Å². The van der Waals surface area contributed by atoms with Crippen LogP contribution in [0, 0.1) is 12.8 Å². The standard InChI is InChI=1S/C22H28N6O/c1-15-4-6-18(7-5-15)17(3)26-20(29)13-28-22-19(12-25-28)21(23-14-24-22)27-10-8-16(2)9-11-27/h4-7,12,14,16-17H,8-11,13H2,1-3H3,(H,26,29)/t17-/m1/s1. The zero-order valence-electron chi connectivity index (χ0n) is 17.3. The first-order valence-electron chi connectivity index (χ1n) is 10.3. The van der Waals surface area contributed by atoms with Crippen LogP contribution in [0.3, 0.4) is 0 Å². The fourth-order valence-corrected chi connectivity index (χ4v) is 3.83. The quantitative estimate of drug-likeness (QED) is 0.721. The molecular weight excluding hydrogens is 364 g/mol. The molecule has 1 aromatic carbocycles. The van der Waals surface area contributed by atoms with Crippen molar-refractivity contribution in [3.8, 4) is 0 Å². The predicted octanol–water partition coefficient (Wildman–Crippen LogP) is 3.25. The second kappa shape index (κ2) is 8.19. The monoisotopic (exact) mass is 392 g/mol. The molecule has 1 N–H and O–H groups in total. The summed E-state index contributed by atoms with van der Waals surface area (Å²) in [5.74, 6) is 1.59. The molecule has 7 nitrogen and oxygen atoms in total. The largest absolute Gasteiger partial charge is 0.356 e. The van der Waals surface area contributed by atoms with Crippen molar-refractivity contribution < 1.29 is 4.79 Å². The Morgan fingerprint density at radius 2 is 1.93 bits per heavy atom. The number of benzene rings is 1. The van der Waals surface area contributed by atoms with Crippen LogP contribution in [0.25, 0.3) is 11.0 Å². The molecule has 0 radical (unpaired) electrons. The van der Waals surface area contributed by atoms with E-state index in [1.54, 1.807) is 17.2 Å². The molecule has 152 valence electrons. The first kappa shape index (κ1) is 19.4. The third-order valence-corrected chi connectivity index (χ3v) is 5.74. The number of carbonyl (C=O) groups is 1. The molecular formula is C22H28N6O. The maximum Gasteiger partial charge on any atom is 0.242 e. The Morgan fingerprint density at radius 1 is 1.21 bits per heavy atom. The minimum Gasteiger partial charge on any atom is -0.356 e. The molecule has 2 aromatic heterocycles. The molecule has 0 bridgehead atoms. The van der Waals surface area contributed by atoms with E-state index in [0.717, 1.165) is 35.8 Å². The minimum absolute atomic E-state index is 0.0644. The van der Waals surface area contributed by atoms with Crippen molar-refractivity contribution >= 4 is 22.8 Å². The van der Waals surface area contributed by atoms with Crippen molar-refractivity contribution in [3.63, 3.8) is 0 Å². The number of anilines is 1. The zero-order chi connectivity index (χ0) is 20.4. The molecule has 3 aromatic rings. The summed E-state index contributed by atoms with van der Waals surface area (Å²) in [7, 11) is 0. The third kappa shape index (κ3) is 4.23. The predicted molar refractivity (Wildman–Crippen MR) is 114 cm³/mol. The van der Waals surface area contributed by atoms with E-state index >= 15 is 0 Å². The Bertz CT molecular complexity index is 988. The van der Waals surface area contributed by atoms with Crippen LogP contribution in [0.15, 0.2) is 36.8 Å². The third-order valence-electron chi connectivity index (χ3n) is 5.74. The Hall–Kier alpha value is -2.96.